The van der Waals surface area contributed by atoms with Crippen LogP contribution in [0.5, 0.6) is 5.06 Å². The molecule has 1 saturated carbocycles. The van der Waals surface area contributed by atoms with Gasteiger partial charge in [0, 0.05) is 10.4 Å². The van der Waals surface area contributed by atoms with Gasteiger partial charge in [0.05, 0.1) is 6.61 Å². The molecule has 4 rings (SSSR count). The molecule has 1 heterocycles. The molecule has 1 aromatic heterocycles. The zero-order valence-electron chi connectivity index (χ0n) is 14.3. The molecule has 0 radical (unpaired) electrons. The van der Waals surface area contributed by atoms with Crippen LogP contribution >= 0.6 is 11.3 Å². The van der Waals surface area contributed by atoms with Gasteiger partial charge in [-0.25, -0.2) is 4.39 Å². The third kappa shape index (κ3) is 3.62. The lowest BCUT2D eigenvalue weighted by molar-refractivity contribution is 0.184. The van der Waals surface area contributed by atoms with Crippen molar-refractivity contribution in [1.29, 1.82) is 0 Å². The summed E-state index contributed by atoms with van der Waals surface area (Å²) in [6, 6.07) is 17.5. The number of hydrogen-bond acceptors (Lipinski definition) is 2. The van der Waals surface area contributed by atoms with Gasteiger partial charge in [0.15, 0.2) is 5.06 Å². The average molecular weight is 352 g/mol. The van der Waals surface area contributed by atoms with Crippen molar-refractivity contribution in [2.45, 2.75) is 26.2 Å². The van der Waals surface area contributed by atoms with E-state index in [1.807, 2.05) is 48.5 Å². The number of hydrogen-bond donors (Lipinski definition) is 0. The molecule has 25 heavy (non-hydrogen) atoms. The third-order valence-corrected chi connectivity index (χ3v) is 5.92. The van der Waals surface area contributed by atoms with E-state index >= 15 is 0 Å². The maximum atomic E-state index is 14.7. The molecule has 128 valence electrons. The molecular formula is C22H21FOS. The monoisotopic (exact) mass is 352 g/mol. The van der Waals surface area contributed by atoms with Crippen LogP contribution in [0.1, 0.15) is 24.8 Å². The molecule has 0 N–H and O–H groups in total. The van der Waals surface area contributed by atoms with E-state index in [1.54, 1.807) is 6.07 Å². The average Bonchev–Trinajstić information content (AvgIpc) is 3.02. The van der Waals surface area contributed by atoms with Gasteiger partial charge >= 0.3 is 0 Å². The number of aryl methyl sites for hydroxylation is 1. The van der Waals surface area contributed by atoms with Crippen LogP contribution in [-0.4, -0.2) is 6.61 Å². The van der Waals surface area contributed by atoms with Crippen LogP contribution in [0.2, 0.25) is 0 Å². The quantitative estimate of drug-likeness (QED) is 0.496. The van der Waals surface area contributed by atoms with Crippen LogP contribution in [0, 0.1) is 18.7 Å². The highest BCUT2D eigenvalue weighted by molar-refractivity contribution is 7.17. The first kappa shape index (κ1) is 16.3. The van der Waals surface area contributed by atoms with E-state index in [0.29, 0.717) is 11.5 Å². The van der Waals surface area contributed by atoms with Crippen molar-refractivity contribution in [2.75, 3.05) is 6.61 Å². The van der Waals surface area contributed by atoms with Gasteiger partial charge in [0.2, 0.25) is 0 Å². The van der Waals surface area contributed by atoms with Crippen LogP contribution in [0.3, 0.4) is 0 Å². The summed E-state index contributed by atoms with van der Waals surface area (Å²) in [5.41, 5.74) is 3.78. The van der Waals surface area contributed by atoms with Crippen molar-refractivity contribution in [2.24, 2.45) is 5.92 Å². The number of rotatable bonds is 5. The fourth-order valence-corrected chi connectivity index (χ4v) is 3.93. The standard InChI is InChI=1S/C22H21FOS/c1-15-5-7-17(8-6-15)18-9-10-19(20(23)13-18)21-11-12-22(25-21)24-14-16-3-2-4-16/h5-13,16H,2-4,14H2,1H3. The van der Waals surface area contributed by atoms with Crippen molar-refractivity contribution >= 4 is 11.3 Å². The van der Waals surface area contributed by atoms with Crippen molar-refractivity contribution in [3.05, 3.63) is 66.0 Å². The number of benzene rings is 2. The van der Waals surface area contributed by atoms with Crippen LogP contribution in [-0.2, 0) is 0 Å². The van der Waals surface area contributed by atoms with Gasteiger partial charge < -0.3 is 4.74 Å². The lowest BCUT2D eigenvalue weighted by Gasteiger charge is -2.24. The second-order valence-corrected chi connectivity index (χ2v) is 7.83. The second kappa shape index (κ2) is 7.01. The molecule has 0 spiro atoms. The highest BCUT2D eigenvalue weighted by Gasteiger charge is 2.18. The minimum absolute atomic E-state index is 0.189. The fraction of sp³-hybridized carbons (Fsp3) is 0.273. The lowest BCUT2D eigenvalue weighted by atomic mass is 9.86. The second-order valence-electron chi connectivity index (χ2n) is 6.79. The summed E-state index contributed by atoms with van der Waals surface area (Å²) in [6.45, 7) is 2.84. The Labute approximate surface area is 152 Å². The summed E-state index contributed by atoms with van der Waals surface area (Å²) >= 11 is 1.52. The van der Waals surface area contributed by atoms with Crippen molar-refractivity contribution in [3.63, 3.8) is 0 Å². The van der Waals surface area contributed by atoms with Gasteiger partial charge in [-0.2, -0.15) is 0 Å². The SMILES string of the molecule is Cc1ccc(-c2ccc(-c3ccc(OCC4CCC4)s3)c(F)c2)cc1. The maximum absolute atomic E-state index is 14.7. The topological polar surface area (TPSA) is 9.23 Å². The molecule has 1 aliphatic carbocycles. The molecule has 1 fully saturated rings. The molecule has 0 amide bonds. The van der Waals surface area contributed by atoms with Gasteiger partial charge in [-0.05, 0) is 61.1 Å². The predicted octanol–water partition coefficient (Wildman–Crippen LogP) is 6.71. The van der Waals surface area contributed by atoms with E-state index in [0.717, 1.165) is 27.7 Å². The Hall–Kier alpha value is -2.13. The van der Waals surface area contributed by atoms with E-state index in [1.165, 1.54) is 36.2 Å². The Bertz CT molecular complexity index is 862. The summed E-state index contributed by atoms with van der Waals surface area (Å²) < 4.78 is 20.5. The maximum Gasteiger partial charge on any atom is 0.174 e. The third-order valence-electron chi connectivity index (χ3n) is 4.89. The predicted molar refractivity (Wildman–Crippen MR) is 103 cm³/mol. The zero-order chi connectivity index (χ0) is 17.2. The number of thiophene rings is 1. The summed E-state index contributed by atoms with van der Waals surface area (Å²) in [6.07, 6.45) is 3.86. The minimum atomic E-state index is -0.189. The van der Waals surface area contributed by atoms with Crippen LogP contribution in [0.15, 0.2) is 54.6 Å². The first-order valence-electron chi connectivity index (χ1n) is 8.78. The molecule has 2 aromatic carbocycles. The van der Waals surface area contributed by atoms with Crippen molar-refractivity contribution in [3.8, 4) is 26.6 Å². The minimum Gasteiger partial charge on any atom is -0.484 e. The van der Waals surface area contributed by atoms with Crippen LogP contribution in [0.4, 0.5) is 4.39 Å². The highest BCUT2D eigenvalue weighted by atomic mass is 32.1. The summed E-state index contributed by atoms with van der Waals surface area (Å²) in [4.78, 5) is 0.913. The molecule has 1 nitrogen and oxygen atoms in total. The lowest BCUT2D eigenvalue weighted by Crippen LogP contribution is -2.18. The largest absolute Gasteiger partial charge is 0.484 e. The van der Waals surface area contributed by atoms with Crippen LogP contribution in [0.25, 0.3) is 21.6 Å². The van der Waals surface area contributed by atoms with Crippen molar-refractivity contribution < 1.29 is 9.13 Å². The molecule has 0 atom stereocenters. The fourth-order valence-electron chi connectivity index (χ4n) is 3.04. The Morgan fingerprint density at radius 3 is 2.44 bits per heavy atom. The summed E-state index contributed by atoms with van der Waals surface area (Å²) in [5.74, 6) is 0.515. The Morgan fingerprint density at radius 1 is 1.00 bits per heavy atom. The molecule has 0 unspecified atom stereocenters. The first-order chi connectivity index (χ1) is 12.2. The van der Waals surface area contributed by atoms with Gasteiger partial charge in [-0.3, -0.25) is 0 Å². The molecule has 0 saturated heterocycles. The first-order valence-corrected chi connectivity index (χ1v) is 9.60. The van der Waals surface area contributed by atoms with Gasteiger partial charge in [-0.1, -0.05) is 53.7 Å². The number of ether oxygens (including phenoxy) is 1. The summed E-state index contributed by atoms with van der Waals surface area (Å²) in [7, 11) is 0. The molecular weight excluding hydrogens is 331 g/mol. The van der Waals surface area contributed by atoms with Gasteiger partial charge in [0.1, 0.15) is 5.82 Å². The normalized spacial score (nSPS) is 14.3. The Morgan fingerprint density at radius 2 is 1.76 bits per heavy atom. The van der Waals surface area contributed by atoms with E-state index in [2.05, 4.69) is 6.92 Å². The highest BCUT2D eigenvalue weighted by Crippen LogP contribution is 2.37. The zero-order valence-corrected chi connectivity index (χ0v) is 15.1. The Balaban J connectivity index is 1.52. The van der Waals surface area contributed by atoms with Gasteiger partial charge in [-0.15, -0.1) is 0 Å². The molecule has 3 aromatic rings. The molecule has 3 heteroatoms. The van der Waals surface area contributed by atoms with E-state index in [-0.39, 0.29) is 5.82 Å². The van der Waals surface area contributed by atoms with E-state index < -0.39 is 0 Å². The number of halogens is 1. The molecule has 1 aliphatic rings. The smallest absolute Gasteiger partial charge is 0.174 e. The van der Waals surface area contributed by atoms with Gasteiger partial charge in [0.25, 0.3) is 0 Å². The van der Waals surface area contributed by atoms with E-state index in [9.17, 15) is 4.39 Å². The van der Waals surface area contributed by atoms with Crippen LogP contribution < -0.4 is 4.74 Å². The Kier molecular flexibility index (Phi) is 4.58. The molecule has 0 bridgehead atoms. The summed E-state index contributed by atoms with van der Waals surface area (Å²) in [5, 5.41) is 0.879. The molecule has 0 aliphatic heterocycles. The van der Waals surface area contributed by atoms with E-state index in [4.69, 9.17) is 4.74 Å². The van der Waals surface area contributed by atoms with Crippen molar-refractivity contribution in [1.82, 2.24) is 0 Å².